The first-order valence-corrected chi connectivity index (χ1v) is 7.05. The second kappa shape index (κ2) is 6.53. The maximum atomic E-state index is 12.2. The highest BCUT2D eigenvalue weighted by molar-refractivity contribution is 6.00. The van der Waals surface area contributed by atoms with Crippen LogP contribution in [0.15, 0.2) is 18.2 Å². The third kappa shape index (κ3) is 3.49. The number of nitrogens with two attached hydrogens (primary N) is 1. The van der Waals surface area contributed by atoms with Crippen LogP contribution in [-0.4, -0.2) is 17.4 Å². The topological polar surface area (TPSA) is 110 Å². The van der Waals surface area contributed by atoms with Crippen LogP contribution in [0.2, 0.25) is 0 Å². The zero-order chi connectivity index (χ0) is 15.4. The van der Waals surface area contributed by atoms with Crippen LogP contribution < -0.4 is 16.6 Å². The van der Waals surface area contributed by atoms with Gasteiger partial charge in [-0.05, 0) is 36.8 Å². The number of benzene rings is 1. The fraction of sp³-hybridized carbons (Fsp3) is 0.500. The number of nitrogen functional groups attached to an aromatic ring is 1. The lowest BCUT2D eigenvalue weighted by Gasteiger charge is -2.12. The minimum absolute atomic E-state index is 0.0292. The molecule has 4 N–H and O–H groups in total. The van der Waals surface area contributed by atoms with E-state index in [1.807, 2.05) is 0 Å². The number of hydrazine groups is 1. The Balaban J connectivity index is 2.10. The molecule has 0 bridgehead atoms. The predicted octanol–water partition coefficient (Wildman–Crippen LogP) is 2.05. The van der Waals surface area contributed by atoms with Crippen molar-refractivity contribution in [2.24, 2.45) is 17.7 Å². The highest BCUT2D eigenvalue weighted by Gasteiger charge is 2.26. The average Bonchev–Trinajstić information content (AvgIpc) is 2.89. The number of carbonyl (C=O) groups is 1. The van der Waals surface area contributed by atoms with Crippen LogP contribution in [0.3, 0.4) is 0 Å². The summed E-state index contributed by atoms with van der Waals surface area (Å²) in [6, 6.07) is 4.47. The molecule has 0 radical (unpaired) electrons. The molecule has 2 unspecified atom stereocenters. The van der Waals surface area contributed by atoms with Crippen LogP contribution >= 0.6 is 0 Å². The first kappa shape index (κ1) is 15.2. The van der Waals surface area contributed by atoms with Crippen LogP contribution in [0.4, 0.5) is 11.4 Å². The first-order chi connectivity index (χ1) is 10.0. The van der Waals surface area contributed by atoms with Crippen molar-refractivity contribution in [3.8, 4) is 0 Å². The molecule has 1 amide bonds. The Kier molecular flexibility index (Phi) is 4.74. The van der Waals surface area contributed by atoms with Crippen LogP contribution in [0.5, 0.6) is 0 Å². The Morgan fingerprint density at radius 2 is 2.24 bits per heavy atom. The molecule has 21 heavy (non-hydrogen) atoms. The molecule has 7 nitrogen and oxygen atoms in total. The molecule has 0 aromatic heterocycles. The lowest BCUT2D eigenvalue weighted by molar-refractivity contribution is -0.384. The maximum absolute atomic E-state index is 12.2. The standard InChI is InChI=1S/C14H20N4O3/c1-9-5-6-10(7-9)8-16-14(19)11-3-2-4-12(17-15)13(11)18(20)21/h2-4,9-10,17H,5-8,15H2,1H3,(H,16,19). The second-order valence-corrected chi connectivity index (χ2v) is 5.60. The molecule has 0 heterocycles. The molecule has 1 aliphatic carbocycles. The summed E-state index contributed by atoms with van der Waals surface area (Å²) in [5.74, 6) is 5.97. The van der Waals surface area contributed by atoms with E-state index in [9.17, 15) is 14.9 Å². The van der Waals surface area contributed by atoms with Gasteiger partial charge >= 0.3 is 5.69 Å². The number of carbonyl (C=O) groups excluding carboxylic acids is 1. The van der Waals surface area contributed by atoms with Gasteiger partial charge in [0.1, 0.15) is 11.3 Å². The van der Waals surface area contributed by atoms with E-state index in [1.54, 1.807) is 6.07 Å². The van der Waals surface area contributed by atoms with Gasteiger partial charge in [-0.3, -0.25) is 20.8 Å². The minimum Gasteiger partial charge on any atom is -0.352 e. The summed E-state index contributed by atoms with van der Waals surface area (Å²) in [5.41, 5.74) is 2.12. The molecule has 1 aliphatic rings. The Hall–Kier alpha value is -2.15. The first-order valence-electron chi connectivity index (χ1n) is 7.05. The number of nitrogens with one attached hydrogen (secondary N) is 2. The quantitative estimate of drug-likeness (QED) is 0.437. The third-order valence-corrected chi connectivity index (χ3v) is 3.97. The summed E-state index contributed by atoms with van der Waals surface area (Å²) in [6.07, 6.45) is 3.36. The number of hydrogen-bond donors (Lipinski definition) is 3. The Morgan fingerprint density at radius 3 is 2.81 bits per heavy atom. The zero-order valence-electron chi connectivity index (χ0n) is 12.0. The van der Waals surface area contributed by atoms with E-state index in [2.05, 4.69) is 17.7 Å². The molecule has 1 aromatic rings. The van der Waals surface area contributed by atoms with E-state index in [0.717, 1.165) is 12.8 Å². The van der Waals surface area contributed by atoms with E-state index >= 15 is 0 Å². The van der Waals surface area contributed by atoms with Gasteiger partial charge in [0.2, 0.25) is 0 Å². The van der Waals surface area contributed by atoms with Crippen molar-refractivity contribution in [3.05, 3.63) is 33.9 Å². The van der Waals surface area contributed by atoms with Crippen LogP contribution in [-0.2, 0) is 0 Å². The van der Waals surface area contributed by atoms with Gasteiger partial charge in [0.15, 0.2) is 0 Å². The van der Waals surface area contributed by atoms with Gasteiger partial charge in [-0.25, -0.2) is 0 Å². The number of hydrogen-bond acceptors (Lipinski definition) is 5. The maximum Gasteiger partial charge on any atom is 0.306 e. The van der Waals surface area contributed by atoms with Gasteiger partial charge < -0.3 is 10.7 Å². The minimum atomic E-state index is -0.595. The number of amides is 1. The normalized spacial score (nSPS) is 21.0. The summed E-state index contributed by atoms with van der Waals surface area (Å²) in [6.45, 7) is 2.75. The SMILES string of the molecule is CC1CCC(CNC(=O)c2cccc(NN)c2[N+](=O)[O-])C1. The molecular weight excluding hydrogens is 272 g/mol. The molecule has 7 heteroatoms. The molecule has 2 atom stereocenters. The van der Waals surface area contributed by atoms with Gasteiger partial charge in [-0.15, -0.1) is 0 Å². The molecule has 1 aromatic carbocycles. The fourth-order valence-corrected chi connectivity index (χ4v) is 2.88. The van der Waals surface area contributed by atoms with Gasteiger partial charge in [0.05, 0.1) is 4.92 Å². The molecule has 114 valence electrons. The molecule has 0 aliphatic heterocycles. The largest absolute Gasteiger partial charge is 0.352 e. The van der Waals surface area contributed by atoms with Crippen LogP contribution in [0.25, 0.3) is 0 Å². The smallest absolute Gasteiger partial charge is 0.306 e. The van der Waals surface area contributed by atoms with Crippen molar-refractivity contribution >= 4 is 17.3 Å². The lowest BCUT2D eigenvalue weighted by Crippen LogP contribution is -2.29. The monoisotopic (exact) mass is 292 g/mol. The number of rotatable bonds is 5. The van der Waals surface area contributed by atoms with Gasteiger partial charge in [0.25, 0.3) is 5.91 Å². The van der Waals surface area contributed by atoms with E-state index in [0.29, 0.717) is 18.4 Å². The summed E-state index contributed by atoms with van der Waals surface area (Å²) >= 11 is 0. The van der Waals surface area contributed by atoms with Crippen molar-refractivity contribution in [2.75, 3.05) is 12.0 Å². The van der Waals surface area contributed by atoms with E-state index in [1.165, 1.54) is 18.6 Å². The zero-order valence-corrected chi connectivity index (χ0v) is 12.0. The fourth-order valence-electron chi connectivity index (χ4n) is 2.88. The highest BCUT2D eigenvalue weighted by Crippen LogP contribution is 2.30. The number of para-hydroxylation sites is 1. The predicted molar refractivity (Wildman–Crippen MR) is 79.7 cm³/mol. The van der Waals surface area contributed by atoms with Crippen molar-refractivity contribution in [1.82, 2.24) is 5.32 Å². The molecule has 1 saturated carbocycles. The third-order valence-electron chi connectivity index (χ3n) is 3.97. The van der Waals surface area contributed by atoms with Gasteiger partial charge in [-0.1, -0.05) is 19.4 Å². The van der Waals surface area contributed by atoms with Crippen LogP contribution in [0.1, 0.15) is 36.5 Å². The molecule has 0 saturated heterocycles. The summed E-state index contributed by atoms with van der Waals surface area (Å²) in [5, 5.41) is 13.9. The van der Waals surface area contributed by atoms with Crippen molar-refractivity contribution < 1.29 is 9.72 Å². The van der Waals surface area contributed by atoms with Gasteiger partial charge in [-0.2, -0.15) is 0 Å². The van der Waals surface area contributed by atoms with Crippen LogP contribution in [0, 0.1) is 22.0 Å². The number of nitro benzene ring substituents is 1. The second-order valence-electron chi connectivity index (χ2n) is 5.60. The van der Waals surface area contributed by atoms with E-state index in [-0.39, 0.29) is 16.9 Å². The summed E-state index contributed by atoms with van der Waals surface area (Å²) in [7, 11) is 0. The summed E-state index contributed by atoms with van der Waals surface area (Å²) < 4.78 is 0. The van der Waals surface area contributed by atoms with Gasteiger partial charge in [0, 0.05) is 6.54 Å². The molecule has 2 rings (SSSR count). The lowest BCUT2D eigenvalue weighted by atomic mass is 10.1. The Bertz CT molecular complexity index is 547. The van der Waals surface area contributed by atoms with Crippen molar-refractivity contribution in [3.63, 3.8) is 0 Å². The average molecular weight is 292 g/mol. The summed E-state index contributed by atoms with van der Waals surface area (Å²) in [4.78, 5) is 22.7. The number of nitrogens with zero attached hydrogens (tertiary/aromatic N) is 1. The van der Waals surface area contributed by atoms with E-state index < -0.39 is 10.8 Å². The van der Waals surface area contributed by atoms with Crippen molar-refractivity contribution in [2.45, 2.75) is 26.2 Å². The Morgan fingerprint density at radius 1 is 1.48 bits per heavy atom. The highest BCUT2D eigenvalue weighted by atomic mass is 16.6. The number of anilines is 1. The molecule has 1 fully saturated rings. The number of nitro groups is 1. The Labute approximate surface area is 123 Å². The molecular formula is C14H20N4O3. The molecule has 0 spiro atoms. The van der Waals surface area contributed by atoms with Crippen molar-refractivity contribution in [1.29, 1.82) is 0 Å². The van der Waals surface area contributed by atoms with E-state index in [4.69, 9.17) is 5.84 Å².